The number of hydrogen-bond donors (Lipinski definition) is 5. The number of amides is 1. The number of carbonyl (C=O) groups excluding carboxylic acids is 3. The average molecular weight is 396 g/mol. The number of ether oxygens (including phenoxy) is 1. The van der Waals surface area contributed by atoms with Crippen LogP contribution in [0.4, 0.5) is 0 Å². The molecule has 10 heteroatoms. The maximum absolute atomic E-state index is 12.9. The fourth-order valence-electron chi connectivity index (χ4n) is 2.55. The summed E-state index contributed by atoms with van der Waals surface area (Å²) in [6, 6.07) is 3.38. The molecule has 0 spiro atoms. The molecule has 28 heavy (non-hydrogen) atoms. The molecular weight excluding hydrogens is 370 g/mol. The molecule has 1 amide bonds. The van der Waals surface area contributed by atoms with Crippen LogP contribution >= 0.6 is 0 Å². The number of methoxy groups -OCH3 is 1. The van der Waals surface area contributed by atoms with Gasteiger partial charge in [-0.15, -0.1) is 0 Å². The number of nitrogens with one attached hydrogen (secondary N) is 1. The van der Waals surface area contributed by atoms with Crippen molar-refractivity contribution in [2.75, 3.05) is 7.11 Å². The number of aliphatic carboxylic acids is 1. The van der Waals surface area contributed by atoms with Crippen molar-refractivity contribution in [3.8, 4) is 5.75 Å². The SMILES string of the molecule is [2H]OC(=O)C[C@H](N)C(=O)C(N)(CC)C(=O)NC(CC(=O)OC)c1ccc(O)cc1. The van der Waals surface area contributed by atoms with Gasteiger partial charge in [-0.25, -0.2) is 0 Å². The van der Waals surface area contributed by atoms with Gasteiger partial charge in [0.2, 0.25) is 5.91 Å². The summed E-state index contributed by atoms with van der Waals surface area (Å²) in [5.41, 5.74) is 10.1. The van der Waals surface area contributed by atoms with E-state index in [1.165, 1.54) is 38.3 Å². The summed E-state index contributed by atoms with van der Waals surface area (Å²) in [5, 5.41) is 15.7. The number of rotatable bonds is 10. The molecule has 2 unspecified atom stereocenters. The summed E-state index contributed by atoms with van der Waals surface area (Å²) < 4.78 is 11.2. The Kier molecular flexibility index (Phi) is 7.47. The highest BCUT2D eigenvalue weighted by atomic mass is 16.5. The zero-order valence-electron chi connectivity index (χ0n) is 16.6. The lowest BCUT2D eigenvalue weighted by molar-refractivity contribution is -0.143. The van der Waals surface area contributed by atoms with Crippen molar-refractivity contribution in [3.05, 3.63) is 29.8 Å². The molecular formula is C18H25N3O7. The van der Waals surface area contributed by atoms with E-state index in [-0.39, 0.29) is 18.6 Å². The highest BCUT2D eigenvalue weighted by molar-refractivity contribution is 6.13. The molecule has 0 aliphatic carbocycles. The van der Waals surface area contributed by atoms with Crippen LogP contribution in [0.25, 0.3) is 1.43 Å². The summed E-state index contributed by atoms with van der Waals surface area (Å²) in [7, 11) is 1.19. The van der Waals surface area contributed by atoms with E-state index in [9.17, 15) is 24.3 Å². The minimum atomic E-state index is -2.08. The van der Waals surface area contributed by atoms with Gasteiger partial charge in [0, 0.05) is 0 Å². The quantitative estimate of drug-likeness (QED) is 0.259. The van der Waals surface area contributed by atoms with E-state index in [1.807, 2.05) is 0 Å². The fourth-order valence-corrected chi connectivity index (χ4v) is 2.55. The van der Waals surface area contributed by atoms with E-state index >= 15 is 0 Å². The number of ketones is 1. The number of aromatic hydroxyl groups is 1. The zero-order valence-corrected chi connectivity index (χ0v) is 15.6. The Morgan fingerprint density at radius 2 is 1.86 bits per heavy atom. The number of phenolic OH excluding ortho intramolecular Hbond substituents is 1. The first-order chi connectivity index (χ1) is 13.6. The number of Topliss-reactive ketones (excluding diaryl/α,β-unsaturated/α-hetero) is 1. The van der Waals surface area contributed by atoms with Gasteiger partial charge in [0.25, 0.3) is 1.43 Å². The molecule has 0 aromatic heterocycles. The highest BCUT2D eigenvalue weighted by Crippen LogP contribution is 2.22. The monoisotopic (exact) mass is 396 g/mol. The van der Waals surface area contributed by atoms with Crippen molar-refractivity contribution in [1.29, 1.82) is 1.43 Å². The first-order valence-corrected chi connectivity index (χ1v) is 8.50. The van der Waals surface area contributed by atoms with Crippen LogP contribution in [0.2, 0.25) is 0 Å². The van der Waals surface area contributed by atoms with Crippen LogP contribution in [0.1, 0.15) is 37.8 Å². The topological polar surface area (TPSA) is 182 Å². The number of hydrogen-bond acceptors (Lipinski definition) is 9. The van der Waals surface area contributed by atoms with Crippen molar-refractivity contribution in [3.63, 3.8) is 0 Å². The predicted octanol–water partition coefficient (Wildman–Crippen LogP) is -0.409. The van der Waals surface area contributed by atoms with Crippen LogP contribution in [-0.4, -0.2) is 52.5 Å². The van der Waals surface area contributed by atoms with E-state index < -0.39 is 47.7 Å². The molecule has 10 nitrogen and oxygen atoms in total. The van der Waals surface area contributed by atoms with Crippen molar-refractivity contribution >= 4 is 23.6 Å². The van der Waals surface area contributed by atoms with Gasteiger partial charge in [0.05, 0.1) is 32.0 Å². The van der Waals surface area contributed by atoms with E-state index in [0.717, 1.165) is 0 Å². The van der Waals surface area contributed by atoms with Gasteiger partial charge in [-0.1, -0.05) is 19.1 Å². The number of nitrogens with two attached hydrogens (primary N) is 2. The molecule has 3 atom stereocenters. The normalized spacial score (nSPS) is 15.4. The van der Waals surface area contributed by atoms with Gasteiger partial charge in [-0.2, -0.15) is 0 Å². The van der Waals surface area contributed by atoms with Crippen molar-refractivity contribution < 1.29 is 34.1 Å². The average Bonchev–Trinajstić information content (AvgIpc) is 2.71. The maximum atomic E-state index is 12.9. The molecule has 0 aliphatic heterocycles. The Labute approximate surface area is 163 Å². The van der Waals surface area contributed by atoms with Crippen LogP contribution in [0.15, 0.2) is 24.3 Å². The first-order valence-electron chi connectivity index (χ1n) is 8.91. The highest BCUT2D eigenvalue weighted by Gasteiger charge is 2.44. The Balaban J connectivity index is 3.10. The van der Waals surface area contributed by atoms with E-state index in [2.05, 4.69) is 15.2 Å². The minimum absolute atomic E-state index is 0.0129. The molecule has 0 fully saturated rings. The van der Waals surface area contributed by atoms with Crippen LogP contribution < -0.4 is 16.8 Å². The Morgan fingerprint density at radius 3 is 2.36 bits per heavy atom. The number of carboxylic acid groups (broad SMARTS) is 1. The van der Waals surface area contributed by atoms with Gasteiger partial charge in [0.1, 0.15) is 5.75 Å². The molecule has 1 aromatic carbocycles. The molecule has 1 rings (SSSR count). The molecule has 0 saturated carbocycles. The van der Waals surface area contributed by atoms with Crippen LogP contribution in [0.3, 0.4) is 0 Å². The van der Waals surface area contributed by atoms with Crippen molar-refractivity contribution in [1.82, 2.24) is 5.32 Å². The number of esters is 1. The minimum Gasteiger partial charge on any atom is -0.508 e. The van der Waals surface area contributed by atoms with Gasteiger partial charge in [-0.05, 0) is 24.1 Å². The summed E-state index contributed by atoms with van der Waals surface area (Å²) in [6.45, 7) is 1.49. The molecule has 7 N–H and O–H groups in total. The number of carbonyl (C=O) groups is 4. The lowest BCUT2D eigenvalue weighted by atomic mass is 9.85. The first kappa shape index (κ1) is 21.3. The molecule has 154 valence electrons. The fraction of sp³-hybridized carbons (Fsp3) is 0.444. The van der Waals surface area contributed by atoms with Crippen molar-refractivity contribution in [2.24, 2.45) is 11.5 Å². The van der Waals surface area contributed by atoms with Gasteiger partial charge < -0.3 is 31.7 Å². The predicted molar refractivity (Wildman–Crippen MR) is 98.1 cm³/mol. The second-order valence-corrected chi connectivity index (χ2v) is 6.27. The summed E-state index contributed by atoms with van der Waals surface area (Å²) in [4.78, 5) is 48.4. The molecule has 0 bridgehead atoms. The summed E-state index contributed by atoms with van der Waals surface area (Å²) in [5.74, 6) is -3.49. The van der Waals surface area contributed by atoms with E-state index in [0.29, 0.717) is 5.56 Å². The smallest absolute Gasteiger partial charge is 0.307 e. The molecule has 1 aromatic rings. The summed E-state index contributed by atoms with van der Waals surface area (Å²) in [6.07, 6.45) is -1.00. The number of phenols is 1. The van der Waals surface area contributed by atoms with Gasteiger partial charge in [-0.3, -0.25) is 19.2 Å². The Hall–Kier alpha value is -2.98. The van der Waals surface area contributed by atoms with Gasteiger partial charge >= 0.3 is 11.9 Å². The van der Waals surface area contributed by atoms with E-state index in [4.69, 9.17) is 12.9 Å². The molecule has 0 radical (unpaired) electrons. The second-order valence-electron chi connectivity index (χ2n) is 6.27. The zero-order chi connectivity index (χ0) is 22.2. The lowest BCUT2D eigenvalue weighted by Gasteiger charge is -2.30. The van der Waals surface area contributed by atoms with E-state index in [1.54, 1.807) is 0 Å². The van der Waals surface area contributed by atoms with Crippen molar-refractivity contribution in [2.45, 2.75) is 43.8 Å². The number of benzene rings is 1. The lowest BCUT2D eigenvalue weighted by Crippen LogP contribution is -2.64. The largest absolute Gasteiger partial charge is 0.508 e. The standard InChI is InChI=1S/C18H25N3O7/c1-3-18(20,16(26)12(19)8-14(23)24)17(27)21-13(9-15(25)28-2)10-4-6-11(22)7-5-10/h4-7,12-13,22H,3,8-9,19-20H2,1-2H3,(H,21,27)(H,23,24)/t12-,13?,18?/m0/s1/i/hD. The number of carboxylic acids is 1. The van der Waals surface area contributed by atoms with Gasteiger partial charge in [0.15, 0.2) is 11.3 Å². The van der Waals surface area contributed by atoms with Crippen LogP contribution in [0, 0.1) is 0 Å². The maximum Gasteiger partial charge on any atom is 0.307 e. The molecule has 0 saturated heterocycles. The third-order valence-electron chi connectivity index (χ3n) is 4.33. The Bertz CT molecular complexity index is 756. The molecule has 0 heterocycles. The molecule has 0 aliphatic rings. The van der Waals surface area contributed by atoms with Crippen LogP contribution in [0.5, 0.6) is 5.75 Å². The Morgan fingerprint density at radius 1 is 1.25 bits per heavy atom. The third-order valence-corrected chi connectivity index (χ3v) is 4.33. The van der Waals surface area contributed by atoms with Crippen LogP contribution in [-0.2, 0) is 23.9 Å². The summed E-state index contributed by atoms with van der Waals surface area (Å²) >= 11 is 0. The second kappa shape index (κ2) is 9.81. The third kappa shape index (κ3) is 5.76.